The molecule has 1 saturated carbocycles. The van der Waals surface area contributed by atoms with Crippen molar-refractivity contribution in [2.24, 2.45) is 11.7 Å². The van der Waals surface area contributed by atoms with Crippen LogP contribution in [0.15, 0.2) is 36.4 Å². The second-order valence-corrected chi connectivity index (χ2v) is 7.36. The molecular weight excluding hydrogens is 367 g/mol. The van der Waals surface area contributed by atoms with E-state index < -0.39 is 17.5 Å². The van der Waals surface area contributed by atoms with Crippen LogP contribution in [0.5, 0.6) is 0 Å². The van der Waals surface area contributed by atoms with Gasteiger partial charge in [-0.3, -0.25) is 4.79 Å². The third-order valence-corrected chi connectivity index (χ3v) is 5.37. The largest absolute Gasteiger partial charge is 0.369 e. The Labute approximate surface area is 159 Å². The number of H-pyrrole nitrogens is 1. The van der Waals surface area contributed by atoms with Crippen LogP contribution in [0.4, 0.5) is 13.2 Å². The number of carbonyl (C=O) groups excluding carboxylic acids is 1. The summed E-state index contributed by atoms with van der Waals surface area (Å²) in [6.07, 6.45) is 1.65. The van der Waals surface area contributed by atoms with Crippen molar-refractivity contribution in [3.63, 3.8) is 0 Å². The van der Waals surface area contributed by atoms with E-state index in [1.807, 2.05) is 0 Å². The highest BCUT2D eigenvalue weighted by Crippen LogP contribution is 2.48. The molecule has 1 aliphatic rings. The summed E-state index contributed by atoms with van der Waals surface area (Å²) in [5.41, 5.74) is 7.65. The quantitative estimate of drug-likeness (QED) is 0.602. The standard InChI is InChI=1S/C21H20F3N3O/c22-14-3-1-12(2-4-14)20-19(13-5-11(6-13)9-26-10-18(25)28)16-7-15(23)8-17(24)21(16)27-20/h1-4,7-8,11,13,26-27H,5-6,9-10H2,(H2,25,28)/t11-,13+. The summed E-state index contributed by atoms with van der Waals surface area (Å²) in [7, 11) is 0. The first-order chi connectivity index (χ1) is 13.4. The summed E-state index contributed by atoms with van der Waals surface area (Å²) in [6.45, 7) is 0.794. The van der Waals surface area contributed by atoms with Gasteiger partial charge in [0.1, 0.15) is 17.5 Å². The summed E-state index contributed by atoms with van der Waals surface area (Å²) >= 11 is 0. The van der Waals surface area contributed by atoms with Crippen molar-refractivity contribution in [1.29, 1.82) is 0 Å². The first-order valence-electron chi connectivity index (χ1n) is 9.18. The minimum atomic E-state index is -0.649. The molecule has 0 aliphatic heterocycles. The van der Waals surface area contributed by atoms with E-state index in [4.69, 9.17) is 5.73 Å². The fraction of sp³-hybridized carbons (Fsp3) is 0.286. The van der Waals surface area contributed by atoms with Gasteiger partial charge in [-0.25, -0.2) is 13.2 Å². The van der Waals surface area contributed by atoms with Crippen molar-refractivity contribution in [2.75, 3.05) is 13.1 Å². The molecule has 28 heavy (non-hydrogen) atoms. The third-order valence-electron chi connectivity index (χ3n) is 5.37. The number of nitrogens with two attached hydrogens (primary N) is 1. The van der Waals surface area contributed by atoms with Crippen LogP contribution in [0.3, 0.4) is 0 Å². The molecule has 4 N–H and O–H groups in total. The van der Waals surface area contributed by atoms with Crippen LogP contribution < -0.4 is 11.1 Å². The number of benzene rings is 2. The minimum absolute atomic E-state index is 0.121. The molecule has 0 bridgehead atoms. The van der Waals surface area contributed by atoms with E-state index in [1.54, 1.807) is 12.1 Å². The summed E-state index contributed by atoms with van der Waals surface area (Å²) in [5.74, 6) is -1.57. The Hall–Kier alpha value is -2.80. The maximum absolute atomic E-state index is 14.3. The highest BCUT2D eigenvalue weighted by Gasteiger charge is 2.34. The fourth-order valence-electron chi connectivity index (χ4n) is 4.05. The van der Waals surface area contributed by atoms with Gasteiger partial charge in [0.25, 0.3) is 0 Å². The highest BCUT2D eigenvalue weighted by molar-refractivity contribution is 5.92. The normalized spacial score (nSPS) is 19.0. The number of primary amides is 1. The van der Waals surface area contributed by atoms with Crippen LogP contribution in [0, 0.1) is 23.4 Å². The van der Waals surface area contributed by atoms with Crippen molar-refractivity contribution in [3.05, 3.63) is 59.4 Å². The molecule has 1 fully saturated rings. The fourth-order valence-corrected chi connectivity index (χ4v) is 4.05. The molecule has 1 amide bonds. The second-order valence-electron chi connectivity index (χ2n) is 7.36. The van der Waals surface area contributed by atoms with E-state index in [0.29, 0.717) is 23.5 Å². The summed E-state index contributed by atoms with van der Waals surface area (Å²) in [6, 6.07) is 8.15. The molecule has 0 atom stereocenters. The smallest absolute Gasteiger partial charge is 0.231 e. The van der Waals surface area contributed by atoms with E-state index in [-0.39, 0.29) is 23.8 Å². The molecule has 7 heteroatoms. The minimum Gasteiger partial charge on any atom is -0.369 e. The lowest BCUT2D eigenvalue weighted by molar-refractivity contribution is -0.117. The van der Waals surface area contributed by atoms with Gasteiger partial charge in [-0.2, -0.15) is 0 Å². The van der Waals surface area contributed by atoms with E-state index in [2.05, 4.69) is 10.3 Å². The van der Waals surface area contributed by atoms with E-state index in [9.17, 15) is 18.0 Å². The van der Waals surface area contributed by atoms with Crippen LogP contribution in [0.1, 0.15) is 24.3 Å². The number of hydrogen-bond donors (Lipinski definition) is 3. The maximum Gasteiger partial charge on any atom is 0.231 e. The van der Waals surface area contributed by atoms with Crippen LogP contribution >= 0.6 is 0 Å². The zero-order valence-corrected chi connectivity index (χ0v) is 15.1. The predicted molar refractivity (Wildman–Crippen MR) is 101 cm³/mol. The molecule has 1 aromatic heterocycles. The molecule has 146 valence electrons. The average molecular weight is 387 g/mol. The Bertz CT molecular complexity index is 1020. The van der Waals surface area contributed by atoms with Crippen LogP contribution in [-0.4, -0.2) is 24.0 Å². The molecule has 0 spiro atoms. The van der Waals surface area contributed by atoms with Crippen LogP contribution in [0.25, 0.3) is 22.2 Å². The Morgan fingerprint density at radius 1 is 1.11 bits per heavy atom. The molecule has 3 aromatic rings. The Morgan fingerprint density at radius 2 is 1.82 bits per heavy atom. The maximum atomic E-state index is 14.3. The predicted octanol–water partition coefficient (Wildman–Crippen LogP) is 3.82. The molecular formula is C21H20F3N3O. The molecule has 0 unspecified atom stereocenters. The summed E-state index contributed by atoms with van der Waals surface area (Å²) < 4.78 is 41.6. The topological polar surface area (TPSA) is 70.9 Å². The number of hydrogen-bond acceptors (Lipinski definition) is 2. The van der Waals surface area contributed by atoms with Gasteiger partial charge in [-0.05, 0) is 72.7 Å². The number of aromatic amines is 1. The molecule has 2 aromatic carbocycles. The van der Waals surface area contributed by atoms with Crippen molar-refractivity contribution in [3.8, 4) is 11.3 Å². The lowest BCUT2D eigenvalue weighted by Gasteiger charge is -2.36. The van der Waals surface area contributed by atoms with Crippen molar-refractivity contribution in [1.82, 2.24) is 10.3 Å². The van der Waals surface area contributed by atoms with E-state index in [1.165, 1.54) is 18.2 Å². The van der Waals surface area contributed by atoms with Gasteiger partial charge in [0.2, 0.25) is 5.91 Å². The molecule has 1 heterocycles. The first kappa shape index (κ1) is 18.6. The molecule has 4 nitrogen and oxygen atoms in total. The summed E-state index contributed by atoms with van der Waals surface area (Å²) in [5, 5.41) is 3.54. The molecule has 0 radical (unpaired) electrons. The number of fused-ring (bicyclic) bond motifs is 1. The SMILES string of the molecule is NC(=O)CNC[C@H]1C[C@@H](c2c(-c3ccc(F)cc3)[nH]c3c(F)cc(F)cc32)C1. The van der Waals surface area contributed by atoms with Crippen LogP contribution in [0.2, 0.25) is 0 Å². The van der Waals surface area contributed by atoms with Crippen LogP contribution in [-0.2, 0) is 4.79 Å². The Balaban J connectivity index is 1.67. The van der Waals surface area contributed by atoms with E-state index in [0.717, 1.165) is 30.0 Å². The van der Waals surface area contributed by atoms with Gasteiger partial charge in [0, 0.05) is 11.5 Å². The Morgan fingerprint density at radius 3 is 2.50 bits per heavy atom. The van der Waals surface area contributed by atoms with Gasteiger partial charge in [-0.15, -0.1) is 0 Å². The molecule has 4 rings (SSSR count). The second kappa shape index (κ2) is 7.31. The third kappa shape index (κ3) is 3.49. The number of nitrogens with one attached hydrogen (secondary N) is 2. The van der Waals surface area contributed by atoms with Gasteiger partial charge >= 0.3 is 0 Å². The zero-order valence-electron chi connectivity index (χ0n) is 15.1. The molecule has 1 aliphatic carbocycles. The van der Waals surface area contributed by atoms with Crippen molar-refractivity contribution >= 4 is 16.8 Å². The van der Waals surface area contributed by atoms with Gasteiger partial charge in [0.15, 0.2) is 0 Å². The Kier molecular flexibility index (Phi) is 4.85. The first-order valence-corrected chi connectivity index (χ1v) is 9.18. The number of amides is 1. The van der Waals surface area contributed by atoms with Gasteiger partial charge in [-0.1, -0.05) is 0 Å². The van der Waals surface area contributed by atoms with E-state index >= 15 is 0 Å². The number of halogens is 3. The molecule has 0 saturated heterocycles. The highest BCUT2D eigenvalue weighted by atomic mass is 19.1. The average Bonchev–Trinajstić information content (AvgIpc) is 2.96. The zero-order chi connectivity index (χ0) is 19.8. The van der Waals surface area contributed by atoms with Gasteiger partial charge < -0.3 is 16.0 Å². The lowest BCUT2D eigenvalue weighted by Crippen LogP contribution is -2.36. The monoisotopic (exact) mass is 387 g/mol. The van der Waals surface area contributed by atoms with Gasteiger partial charge in [0.05, 0.1) is 17.8 Å². The number of carbonyl (C=O) groups is 1. The van der Waals surface area contributed by atoms with Crippen molar-refractivity contribution in [2.45, 2.75) is 18.8 Å². The lowest BCUT2D eigenvalue weighted by atomic mass is 9.70. The summed E-state index contributed by atoms with van der Waals surface area (Å²) in [4.78, 5) is 13.9. The van der Waals surface area contributed by atoms with Crippen molar-refractivity contribution < 1.29 is 18.0 Å². The number of rotatable bonds is 6. The number of aromatic nitrogens is 1.